The Morgan fingerprint density at radius 2 is 1.67 bits per heavy atom. The molecule has 0 aliphatic carbocycles. The Hall–Kier alpha value is -1.58. The Kier molecular flexibility index (Phi) is 9.28. The Morgan fingerprint density at radius 3 is 2.30 bits per heavy atom. The van der Waals surface area contributed by atoms with Crippen LogP contribution in [-0.4, -0.2) is 29.9 Å². The lowest BCUT2D eigenvalue weighted by molar-refractivity contribution is -0.160. The molecule has 0 aromatic carbocycles. The first kappa shape index (κ1) is 23.5. The highest BCUT2D eigenvalue weighted by atomic mass is 16.5. The van der Waals surface area contributed by atoms with Gasteiger partial charge in [0.25, 0.3) is 0 Å². The molecule has 0 spiro atoms. The number of hydrogen-bond acceptors (Lipinski definition) is 3. The van der Waals surface area contributed by atoms with Gasteiger partial charge in [0.15, 0.2) is 0 Å². The largest absolute Gasteiger partial charge is 0.462 e. The fraction of sp³-hybridized carbons (Fsp3) is 0.739. The summed E-state index contributed by atoms with van der Waals surface area (Å²) in [6, 6.07) is 0. The lowest BCUT2D eigenvalue weighted by Gasteiger charge is -2.33. The molecule has 1 amide bonds. The van der Waals surface area contributed by atoms with Crippen molar-refractivity contribution in [2.24, 2.45) is 23.2 Å². The first-order valence-electron chi connectivity index (χ1n) is 10.3. The molecule has 0 saturated carbocycles. The van der Waals surface area contributed by atoms with E-state index in [0.717, 1.165) is 32.1 Å². The molecule has 1 aliphatic heterocycles. The highest BCUT2D eigenvalue weighted by Gasteiger charge is 2.31. The van der Waals surface area contributed by atoms with E-state index in [2.05, 4.69) is 27.7 Å². The second-order valence-corrected chi connectivity index (χ2v) is 9.31. The molecule has 4 nitrogen and oxygen atoms in total. The lowest BCUT2D eigenvalue weighted by Crippen LogP contribution is -2.35. The van der Waals surface area contributed by atoms with Crippen LogP contribution in [0.2, 0.25) is 0 Å². The number of rotatable bonds is 0. The predicted molar refractivity (Wildman–Crippen MR) is 111 cm³/mol. The standard InChI is InChI=1S/C23H39NO3/c1-17-13-14-18(2)21(25)24(7)15-11-9-8-10-12-19(3)22(26)27-20(16-17)23(4,5)6/h8-9,11,15,17-20H,10,12-14,16H2,1-7H3/b9-8-,15-11+. The van der Waals surface area contributed by atoms with Gasteiger partial charge in [0, 0.05) is 19.2 Å². The summed E-state index contributed by atoms with van der Waals surface area (Å²) in [7, 11) is 1.81. The minimum Gasteiger partial charge on any atom is -0.462 e. The van der Waals surface area contributed by atoms with Gasteiger partial charge in [-0.1, -0.05) is 53.7 Å². The molecule has 1 aliphatic rings. The fourth-order valence-electron chi connectivity index (χ4n) is 3.21. The van der Waals surface area contributed by atoms with Crippen LogP contribution in [0.4, 0.5) is 0 Å². The van der Waals surface area contributed by atoms with Crippen LogP contribution in [0, 0.1) is 23.2 Å². The minimum absolute atomic E-state index is 0.0163. The number of nitrogens with zero attached hydrogens (tertiary/aromatic N) is 1. The van der Waals surface area contributed by atoms with Gasteiger partial charge in [0.1, 0.15) is 6.10 Å². The summed E-state index contributed by atoms with van der Waals surface area (Å²) in [6.07, 6.45) is 11.7. The van der Waals surface area contributed by atoms with Crippen LogP contribution < -0.4 is 0 Å². The molecule has 0 fully saturated rings. The first-order valence-corrected chi connectivity index (χ1v) is 10.3. The molecule has 4 heteroatoms. The summed E-state index contributed by atoms with van der Waals surface area (Å²) in [5.41, 5.74) is -0.0992. The maximum Gasteiger partial charge on any atom is 0.308 e. The van der Waals surface area contributed by atoms with Crippen molar-refractivity contribution in [2.75, 3.05) is 7.05 Å². The molecule has 4 atom stereocenters. The smallest absolute Gasteiger partial charge is 0.308 e. The number of cyclic esters (lactones) is 1. The Morgan fingerprint density at radius 1 is 1.00 bits per heavy atom. The van der Waals surface area contributed by atoms with Gasteiger partial charge < -0.3 is 9.64 Å². The highest BCUT2D eigenvalue weighted by molar-refractivity contribution is 5.79. The van der Waals surface area contributed by atoms with Crippen LogP contribution in [0.3, 0.4) is 0 Å². The Labute approximate surface area is 166 Å². The molecular formula is C23H39NO3. The quantitative estimate of drug-likeness (QED) is 0.535. The van der Waals surface area contributed by atoms with Crippen LogP contribution in [0.25, 0.3) is 0 Å². The van der Waals surface area contributed by atoms with Crippen LogP contribution in [0.5, 0.6) is 0 Å². The Balaban J connectivity index is 2.94. The predicted octanol–water partition coefficient (Wildman–Crippen LogP) is 5.35. The zero-order valence-corrected chi connectivity index (χ0v) is 18.3. The van der Waals surface area contributed by atoms with E-state index in [0.29, 0.717) is 5.92 Å². The summed E-state index contributed by atoms with van der Waals surface area (Å²) in [4.78, 5) is 26.7. The minimum atomic E-state index is -0.112. The summed E-state index contributed by atoms with van der Waals surface area (Å²) in [6.45, 7) is 12.5. The van der Waals surface area contributed by atoms with Crippen molar-refractivity contribution < 1.29 is 14.3 Å². The number of esters is 1. The monoisotopic (exact) mass is 377 g/mol. The molecule has 154 valence electrons. The summed E-state index contributed by atoms with van der Waals surface area (Å²) >= 11 is 0. The number of carbonyl (C=O) groups excluding carboxylic acids is 2. The fourth-order valence-corrected chi connectivity index (χ4v) is 3.21. The van der Waals surface area contributed by atoms with Gasteiger partial charge in [0.05, 0.1) is 5.92 Å². The second kappa shape index (κ2) is 10.7. The molecule has 0 aromatic heterocycles. The first-order chi connectivity index (χ1) is 12.5. The van der Waals surface area contributed by atoms with E-state index in [4.69, 9.17) is 4.74 Å². The summed E-state index contributed by atoms with van der Waals surface area (Å²) < 4.78 is 5.94. The maximum atomic E-state index is 12.6. The number of carbonyl (C=O) groups is 2. The zero-order valence-electron chi connectivity index (χ0n) is 18.3. The normalized spacial score (nSPS) is 32.5. The van der Waals surface area contributed by atoms with Gasteiger partial charge >= 0.3 is 5.97 Å². The average molecular weight is 378 g/mol. The molecule has 0 radical (unpaired) electrons. The van der Waals surface area contributed by atoms with E-state index in [1.807, 2.05) is 45.3 Å². The lowest BCUT2D eigenvalue weighted by atomic mass is 9.82. The molecule has 4 unspecified atom stereocenters. The van der Waals surface area contributed by atoms with Gasteiger partial charge in [-0.15, -0.1) is 0 Å². The molecule has 27 heavy (non-hydrogen) atoms. The van der Waals surface area contributed by atoms with E-state index in [9.17, 15) is 9.59 Å². The number of allylic oxidation sites excluding steroid dienone is 3. The molecule has 1 heterocycles. The van der Waals surface area contributed by atoms with E-state index in [1.165, 1.54) is 0 Å². The van der Waals surface area contributed by atoms with Gasteiger partial charge in [0.2, 0.25) is 5.91 Å². The van der Waals surface area contributed by atoms with Crippen LogP contribution in [0.15, 0.2) is 24.4 Å². The van der Waals surface area contributed by atoms with Gasteiger partial charge in [-0.3, -0.25) is 9.59 Å². The third-order valence-corrected chi connectivity index (χ3v) is 5.43. The number of amides is 1. The third-order valence-electron chi connectivity index (χ3n) is 5.43. The van der Waals surface area contributed by atoms with Gasteiger partial charge in [-0.2, -0.15) is 0 Å². The van der Waals surface area contributed by atoms with E-state index < -0.39 is 0 Å². The van der Waals surface area contributed by atoms with Crippen LogP contribution in [0.1, 0.15) is 73.6 Å². The van der Waals surface area contributed by atoms with Gasteiger partial charge in [-0.05, 0) is 49.5 Å². The molecule has 0 saturated heterocycles. The summed E-state index contributed by atoms with van der Waals surface area (Å²) in [5, 5.41) is 0. The van der Waals surface area contributed by atoms with Crippen molar-refractivity contribution in [2.45, 2.75) is 79.8 Å². The van der Waals surface area contributed by atoms with Crippen molar-refractivity contribution >= 4 is 11.9 Å². The van der Waals surface area contributed by atoms with Crippen molar-refractivity contribution in [3.63, 3.8) is 0 Å². The Bertz CT molecular complexity index is 544. The van der Waals surface area contributed by atoms with Crippen LogP contribution in [-0.2, 0) is 14.3 Å². The van der Waals surface area contributed by atoms with Crippen LogP contribution >= 0.6 is 0 Å². The molecular weight excluding hydrogens is 338 g/mol. The topological polar surface area (TPSA) is 46.6 Å². The van der Waals surface area contributed by atoms with Crippen molar-refractivity contribution in [3.8, 4) is 0 Å². The number of ether oxygens (including phenoxy) is 1. The average Bonchev–Trinajstić information content (AvgIpc) is 2.59. The van der Waals surface area contributed by atoms with E-state index >= 15 is 0 Å². The van der Waals surface area contributed by atoms with Crippen molar-refractivity contribution in [1.29, 1.82) is 0 Å². The van der Waals surface area contributed by atoms with E-state index in [1.54, 1.807) is 4.90 Å². The highest BCUT2D eigenvalue weighted by Crippen LogP contribution is 2.31. The zero-order chi connectivity index (χ0) is 20.6. The van der Waals surface area contributed by atoms with Crippen molar-refractivity contribution in [3.05, 3.63) is 24.4 Å². The molecule has 0 aromatic rings. The maximum absolute atomic E-state index is 12.6. The van der Waals surface area contributed by atoms with Gasteiger partial charge in [-0.25, -0.2) is 0 Å². The van der Waals surface area contributed by atoms with Crippen molar-refractivity contribution in [1.82, 2.24) is 4.90 Å². The number of hydrogen-bond donors (Lipinski definition) is 0. The molecule has 0 bridgehead atoms. The molecule has 1 rings (SSSR count). The second-order valence-electron chi connectivity index (χ2n) is 9.31. The molecule has 0 N–H and O–H groups in total. The summed E-state index contributed by atoms with van der Waals surface area (Å²) in [5.74, 6) is 0.309. The SMILES string of the molecule is CC1CCC(C)C(=O)N(C)/C=C/C=C\CCC(C)C(=O)OC(C(C)(C)C)C1. The van der Waals surface area contributed by atoms with E-state index in [-0.39, 0.29) is 35.2 Å². The third kappa shape index (κ3) is 8.32.